The molecule has 1 aliphatic heterocycles. The Kier molecular flexibility index (Phi) is 4.71. The number of hydrogen-bond acceptors (Lipinski definition) is 4. The first-order valence-corrected chi connectivity index (χ1v) is 8.43. The van der Waals surface area contributed by atoms with E-state index < -0.39 is 0 Å². The third-order valence-corrected chi connectivity index (χ3v) is 4.66. The molecular formula is C17H26N4O. The van der Waals surface area contributed by atoms with E-state index in [1.54, 1.807) is 12.4 Å². The van der Waals surface area contributed by atoms with Crippen molar-refractivity contribution in [1.82, 2.24) is 19.8 Å². The van der Waals surface area contributed by atoms with Gasteiger partial charge in [-0.05, 0) is 59.2 Å². The fourth-order valence-corrected chi connectivity index (χ4v) is 3.14. The van der Waals surface area contributed by atoms with Crippen LogP contribution in [0.1, 0.15) is 60.6 Å². The van der Waals surface area contributed by atoms with E-state index in [4.69, 9.17) is 0 Å². The monoisotopic (exact) mass is 302 g/mol. The van der Waals surface area contributed by atoms with Gasteiger partial charge >= 0.3 is 0 Å². The summed E-state index contributed by atoms with van der Waals surface area (Å²) in [6.45, 7) is 1.88. The van der Waals surface area contributed by atoms with E-state index in [0.29, 0.717) is 17.5 Å². The maximum absolute atomic E-state index is 12.8. The molecule has 2 heterocycles. The Morgan fingerprint density at radius 2 is 1.95 bits per heavy atom. The Hall–Kier alpha value is -1.49. The van der Waals surface area contributed by atoms with E-state index in [9.17, 15) is 4.79 Å². The van der Waals surface area contributed by atoms with Crippen molar-refractivity contribution in [3.63, 3.8) is 0 Å². The van der Waals surface area contributed by atoms with Gasteiger partial charge in [0.05, 0.1) is 5.56 Å². The number of carbonyl (C=O) groups is 1. The fraction of sp³-hybridized carbons (Fsp3) is 0.706. The van der Waals surface area contributed by atoms with Crippen molar-refractivity contribution in [2.24, 2.45) is 0 Å². The highest BCUT2D eigenvalue weighted by molar-refractivity contribution is 5.93. The highest BCUT2D eigenvalue weighted by atomic mass is 16.2. The van der Waals surface area contributed by atoms with Gasteiger partial charge in [0, 0.05) is 30.9 Å². The summed E-state index contributed by atoms with van der Waals surface area (Å²) in [6, 6.07) is 0.353. The Labute approximate surface area is 132 Å². The predicted octanol–water partition coefficient (Wildman–Crippen LogP) is 2.30. The van der Waals surface area contributed by atoms with Crippen molar-refractivity contribution in [1.29, 1.82) is 0 Å². The average molecular weight is 302 g/mol. The van der Waals surface area contributed by atoms with Crippen LogP contribution in [0.15, 0.2) is 12.4 Å². The Morgan fingerprint density at radius 1 is 1.23 bits per heavy atom. The van der Waals surface area contributed by atoms with Crippen LogP contribution in [-0.2, 0) is 0 Å². The first kappa shape index (κ1) is 15.4. The number of hydrogen-bond donors (Lipinski definition) is 0. The second-order valence-corrected chi connectivity index (χ2v) is 6.84. The first-order valence-electron chi connectivity index (χ1n) is 8.43. The maximum Gasteiger partial charge on any atom is 0.257 e. The molecule has 1 aromatic rings. The van der Waals surface area contributed by atoms with Crippen LogP contribution in [-0.4, -0.2) is 58.9 Å². The maximum atomic E-state index is 12.8. The van der Waals surface area contributed by atoms with Gasteiger partial charge in [-0.1, -0.05) is 0 Å². The zero-order valence-electron chi connectivity index (χ0n) is 13.7. The molecule has 1 unspecified atom stereocenters. The fourth-order valence-electron chi connectivity index (χ4n) is 3.14. The number of amides is 1. The summed E-state index contributed by atoms with van der Waals surface area (Å²) < 4.78 is 0. The van der Waals surface area contributed by atoms with E-state index in [0.717, 1.165) is 38.2 Å². The molecule has 0 radical (unpaired) electrons. The smallest absolute Gasteiger partial charge is 0.257 e. The summed E-state index contributed by atoms with van der Waals surface area (Å²) in [5, 5.41) is 0. The van der Waals surface area contributed by atoms with Gasteiger partial charge in [-0.2, -0.15) is 0 Å². The van der Waals surface area contributed by atoms with Crippen LogP contribution in [0.2, 0.25) is 0 Å². The minimum Gasteiger partial charge on any atom is -0.336 e. The quantitative estimate of drug-likeness (QED) is 0.837. The molecule has 1 amide bonds. The lowest BCUT2D eigenvalue weighted by molar-refractivity contribution is 0.0590. The molecule has 2 aliphatic rings. The molecule has 3 rings (SSSR count). The average Bonchev–Trinajstić information content (AvgIpc) is 3.37. The molecule has 5 heteroatoms. The molecule has 1 saturated heterocycles. The summed E-state index contributed by atoms with van der Waals surface area (Å²) in [4.78, 5) is 25.8. The number of aromatic nitrogens is 2. The minimum atomic E-state index is 0.103. The second kappa shape index (κ2) is 6.73. The van der Waals surface area contributed by atoms with Crippen molar-refractivity contribution in [3.8, 4) is 0 Å². The van der Waals surface area contributed by atoms with Crippen molar-refractivity contribution < 1.29 is 4.79 Å². The van der Waals surface area contributed by atoms with Crippen LogP contribution < -0.4 is 0 Å². The lowest BCUT2D eigenvalue weighted by Gasteiger charge is -2.36. The van der Waals surface area contributed by atoms with Gasteiger partial charge in [-0.25, -0.2) is 9.97 Å². The molecule has 1 aliphatic carbocycles. The topological polar surface area (TPSA) is 49.3 Å². The van der Waals surface area contributed by atoms with Crippen LogP contribution in [0, 0.1) is 0 Å². The molecule has 120 valence electrons. The number of carbonyl (C=O) groups excluding carboxylic acids is 1. The minimum absolute atomic E-state index is 0.103. The summed E-state index contributed by atoms with van der Waals surface area (Å²) in [7, 11) is 4.17. The molecule has 0 bridgehead atoms. The Bertz CT molecular complexity index is 510. The van der Waals surface area contributed by atoms with Gasteiger partial charge in [0.1, 0.15) is 5.82 Å². The van der Waals surface area contributed by atoms with Gasteiger partial charge in [-0.3, -0.25) is 4.79 Å². The molecule has 0 aromatic carbocycles. The number of piperidine rings is 1. The highest BCUT2D eigenvalue weighted by Gasteiger charge is 2.29. The summed E-state index contributed by atoms with van der Waals surface area (Å²) in [5.41, 5.74) is 0.640. The predicted molar refractivity (Wildman–Crippen MR) is 85.9 cm³/mol. The SMILES string of the molecule is CN(C)CCC1CCCCN1C(=O)c1cnc(C2CC2)nc1. The normalized spacial score (nSPS) is 22.1. The molecule has 2 fully saturated rings. The van der Waals surface area contributed by atoms with Gasteiger partial charge in [-0.15, -0.1) is 0 Å². The molecule has 1 saturated carbocycles. The van der Waals surface area contributed by atoms with E-state index in [1.807, 2.05) is 4.90 Å². The molecular weight excluding hydrogens is 276 g/mol. The second-order valence-electron chi connectivity index (χ2n) is 6.84. The lowest BCUT2D eigenvalue weighted by atomic mass is 9.98. The van der Waals surface area contributed by atoms with E-state index in [1.165, 1.54) is 19.3 Å². The molecule has 0 spiro atoms. The van der Waals surface area contributed by atoms with Gasteiger partial charge in [0.15, 0.2) is 0 Å². The van der Waals surface area contributed by atoms with Crippen molar-refractivity contribution in [2.75, 3.05) is 27.2 Å². The lowest BCUT2D eigenvalue weighted by Crippen LogP contribution is -2.45. The third kappa shape index (κ3) is 3.64. The Morgan fingerprint density at radius 3 is 2.59 bits per heavy atom. The molecule has 0 N–H and O–H groups in total. The van der Waals surface area contributed by atoms with Crippen molar-refractivity contribution in [3.05, 3.63) is 23.8 Å². The van der Waals surface area contributed by atoms with Crippen molar-refractivity contribution >= 4 is 5.91 Å². The first-order chi connectivity index (χ1) is 10.6. The van der Waals surface area contributed by atoms with Crippen LogP contribution in [0.4, 0.5) is 0 Å². The van der Waals surface area contributed by atoms with Gasteiger partial charge in [0.25, 0.3) is 5.91 Å². The molecule has 1 aromatic heterocycles. The summed E-state index contributed by atoms with van der Waals surface area (Å²) >= 11 is 0. The third-order valence-electron chi connectivity index (χ3n) is 4.66. The van der Waals surface area contributed by atoms with Gasteiger partial charge < -0.3 is 9.80 Å². The van der Waals surface area contributed by atoms with Crippen LogP contribution >= 0.6 is 0 Å². The largest absolute Gasteiger partial charge is 0.336 e. The van der Waals surface area contributed by atoms with Crippen LogP contribution in [0.5, 0.6) is 0 Å². The molecule has 1 atom stereocenters. The number of nitrogens with zero attached hydrogens (tertiary/aromatic N) is 4. The highest BCUT2D eigenvalue weighted by Crippen LogP contribution is 2.37. The standard InChI is InChI=1S/C17H26N4O/c1-20(2)10-8-15-5-3-4-9-21(15)17(22)14-11-18-16(19-12-14)13-6-7-13/h11-13,15H,3-10H2,1-2H3. The van der Waals surface area contributed by atoms with Crippen LogP contribution in [0.25, 0.3) is 0 Å². The number of rotatable bonds is 5. The van der Waals surface area contributed by atoms with Crippen LogP contribution in [0.3, 0.4) is 0 Å². The molecule has 22 heavy (non-hydrogen) atoms. The van der Waals surface area contributed by atoms with E-state index in [2.05, 4.69) is 29.0 Å². The van der Waals surface area contributed by atoms with E-state index >= 15 is 0 Å². The summed E-state index contributed by atoms with van der Waals surface area (Å²) in [6.07, 6.45) is 10.3. The zero-order valence-corrected chi connectivity index (χ0v) is 13.7. The summed E-state index contributed by atoms with van der Waals surface area (Å²) in [5.74, 6) is 1.54. The zero-order chi connectivity index (χ0) is 15.5. The van der Waals surface area contributed by atoms with Gasteiger partial charge in [0.2, 0.25) is 0 Å². The number of likely N-dealkylation sites (tertiary alicyclic amines) is 1. The molecule has 5 nitrogen and oxygen atoms in total. The Balaban J connectivity index is 1.67. The van der Waals surface area contributed by atoms with Crippen molar-refractivity contribution in [2.45, 2.75) is 50.5 Å². The van der Waals surface area contributed by atoms with E-state index in [-0.39, 0.29) is 5.91 Å².